The molecule has 0 heterocycles. The van der Waals surface area contributed by atoms with Gasteiger partial charge in [0.2, 0.25) is 0 Å². The van der Waals surface area contributed by atoms with Crippen LogP contribution < -0.4 is 0 Å². The minimum atomic E-state index is -5.07. The van der Waals surface area contributed by atoms with E-state index in [0.29, 0.717) is 19.3 Å². The number of benzene rings is 1. The van der Waals surface area contributed by atoms with Crippen LogP contribution in [0.5, 0.6) is 0 Å². The van der Waals surface area contributed by atoms with E-state index in [9.17, 15) is 23.1 Å². The summed E-state index contributed by atoms with van der Waals surface area (Å²) >= 11 is 0. The molecule has 1 rings (SSSR count). The molecule has 0 aliphatic carbocycles. The van der Waals surface area contributed by atoms with Gasteiger partial charge in [-0.05, 0) is 40.0 Å². The van der Waals surface area contributed by atoms with Crippen molar-refractivity contribution in [3.8, 4) is 12.3 Å². The zero-order chi connectivity index (χ0) is 23.0. The molecule has 0 aliphatic rings. The van der Waals surface area contributed by atoms with E-state index >= 15 is 0 Å². The highest BCUT2D eigenvalue weighted by atomic mass is 19.4. The normalized spacial score (nSPS) is 15.8. The van der Waals surface area contributed by atoms with Crippen LogP contribution in [0.1, 0.15) is 52.0 Å². The first-order valence-electron chi connectivity index (χ1n) is 9.60. The molecule has 0 fully saturated rings. The molecule has 0 aliphatic heterocycles. The van der Waals surface area contributed by atoms with Crippen molar-refractivity contribution in [2.45, 2.75) is 69.9 Å². The molecule has 0 unspecified atom stereocenters. The number of carbonyl (C=O) groups excluding carboxylic acids is 1. The average molecular weight is 426 g/mol. The van der Waals surface area contributed by atoms with E-state index in [0.717, 1.165) is 24.8 Å². The van der Waals surface area contributed by atoms with E-state index in [1.165, 1.54) is 32.0 Å². The van der Waals surface area contributed by atoms with Crippen LogP contribution in [0.25, 0.3) is 0 Å². The van der Waals surface area contributed by atoms with Crippen LogP contribution in [0.3, 0.4) is 0 Å². The van der Waals surface area contributed by atoms with E-state index in [2.05, 4.69) is 5.92 Å². The molecule has 7 heteroatoms. The first kappa shape index (κ1) is 25.7. The molecule has 0 saturated carbocycles. The second-order valence-electron chi connectivity index (χ2n) is 7.63. The number of terminal acetylenes is 1. The highest BCUT2D eigenvalue weighted by Gasteiger charge is 2.64. The molecule has 30 heavy (non-hydrogen) atoms. The first-order chi connectivity index (χ1) is 13.9. The van der Waals surface area contributed by atoms with Crippen LogP contribution in [0.4, 0.5) is 13.2 Å². The summed E-state index contributed by atoms with van der Waals surface area (Å²) in [5, 5.41) is 10.4. The predicted octanol–water partition coefficient (Wildman–Crippen LogP) is 4.91. The van der Waals surface area contributed by atoms with Crippen LogP contribution in [-0.4, -0.2) is 36.1 Å². The van der Waals surface area contributed by atoms with Crippen LogP contribution in [0.2, 0.25) is 0 Å². The first-order valence-corrected chi connectivity index (χ1v) is 9.60. The second kappa shape index (κ2) is 10.6. The van der Waals surface area contributed by atoms with Gasteiger partial charge < -0.3 is 14.6 Å². The number of allylic oxidation sites excluding steroid dienone is 2. The van der Waals surface area contributed by atoms with E-state index in [-0.39, 0.29) is 6.42 Å². The van der Waals surface area contributed by atoms with Crippen molar-refractivity contribution in [2.24, 2.45) is 0 Å². The van der Waals surface area contributed by atoms with Crippen molar-refractivity contribution in [1.82, 2.24) is 0 Å². The molecular weight excluding hydrogens is 397 g/mol. The van der Waals surface area contributed by atoms with Crippen molar-refractivity contribution >= 4 is 5.97 Å². The van der Waals surface area contributed by atoms with Gasteiger partial charge in [-0.1, -0.05) is 42.0 Å². The minimum absolute atomic E-state index is 0.139. The largest absolute Gasteiger partial charge is 0.457 e. The van der Waals surface area contributed by atoms with E-state index in [4.69, 9.17) is 15.9 Å². The Bertz CT molecular complexity index is 757. The molecular formula is C23H29F3O4. The third-order valence-corrected chi connectivity index (χ3v) is 4.79. The molecule has 0 aromatic heterocycles. The van der Waals surface area contributed by atoms with Crippen molar-refractivity contribution in [1.29, 1.82) is 0 Å². The van der Waals surface area contributed by atoms with Crippen LogP contribution >= 0.6 is 0 Å². The molecule has 166 valence electrons. The molecule has 0 radical (unpaired) electrons. The Labute approximate surface area is 176 Å². The van der Waals surface area contributed by atoms with Gasteiger partial charge in [0.1, 0.15) is 6.10 Å². The SMILES string of the molecule is C#CCC/C=C(\C)CC[C@@H](OC(=O)[C@](OC)(c1ccccc1)C(F)(F)F)C(C)(C)O. The van der Waals surface area contributed by atoms with Gasteiger partial charge >= 0.3 is 12.1 Å². The zero-order valence-electron chi connectivity index (χ0n) is 17.8. The molecule has 1 N–H and O–H groups in total. The van der Waals surface area contributed by atoms with E-state index in [1.54, 1.807) is 0 Å². The second-order valence-corrected chi connectivity index (χ2v) is 7.63. The quantitative estimate of drug-likeness (QED) is 0.250. The summed E-state index contributed by atoms with van der Waals surface area (Å²) in [5.41, 5.74) is -4.32. The number of hydrogen-bond acceptors (Lipinski definition) is 4. The molecule has 2 atom stereocenters. The smallest absolute Gasteiger partial charge is 0.432 e. The lowest BCUT2D eigenvalue weighted by atomic mass is 9.91. The maximum atomic E-state index is 14.0. The summed E-state index contributed by atoms with van der Waals surface area (Å²) in [6.45, 7) is 4.61. The Kier molecular flexibility index (Phi) is 9.13. The molecule has 1 aromatic rings. The van der Waals surface area contributed by atoms with Gasteiger partial charge in [-0.3, -0.25) is 0 Å². The van der Waals surface area contributed by atoms with Crippen molar-refractivity contribution in [3.05, 3.63) is 47.5 Å². The third kappa shape index (κ3) is 6.35. The highest BCUT2D eigenvalue weighted by molar-refractivity contribution is 5.83. The van der Waals surface area contributed by atoms with Crippen LogP contribution in [0.15, 0.2) is 42.0 Å². The fourth-order valence-corrected chi connectivity index (χ4v) is 3.02. The van der Waals surface area contributed by atoms with Gasteiger partial charge in [0.15, 0.2) is 0 Å². The summed E-state index contributed by atoms with van der Waals surface area (Å²) in [6.07, 6.45) is 2.68. The number of aliphatic hydroxyl groups is 1. The Hall–Kier alpha value is -2.30. The van der Waals surface area contributed by atoms with Crippen molar-refractivity contribution < 1.29 is 32.5 Å². The zero-order valence-corrected chi connectivity index (χ0v) is 17.8. The lowest BCUT2D eigenvalue weighted by Gasteiger charge is -2.36. The van der Waals surface area contributed by atoms with Gasteiger partial charge in [0, 0.05) is 19.1 Å². The Morgan fingerprint density at radius 1 is 1.27 bits per heavy atom. The number of alkyl halides is 3. The summed E-state index contributed by atoms with van der Waals surface area (Å²) in [7, 11) is 0.805. The maximum absolute atomic E-state index is 14.0. The van der Waals surface area contributed by atoms with E-state index < -0.39 is 35.0 Å². The van der Waals surface area contributed by atoms with Crippen molar-refractivity contribution in [3.63, 3.8) is 0 Å². The Balaban J connectivity index is 3.16. The third-order valence-electron chi connectivity index (χ3n) is 4.79. The number of esters is 1. The number of hydrogen-bond donors (Lipinski definition) is 1. The number of ether oxygens (including phenoxy) is 2. The fraction of sp³-hybridized carbons (Fsp3) is 0.522. The predicted molar refractivity (Wildman–Crippen MR) is 108 cm³/mol. The number of unbranched alkanes of at least 4 members (excludes halogenated alkanes) is 1. The van der Waals surface area contributed by atoms with Crippen molar-refractivity contribution in [2.75, 3.05) is 7.11 Å². The summed E-state index contributed by atoms with van der Waals surface area (Å²) in [5.74, 6) is 0.896. The van der Waals surface area contributed by atoms with Crippen LogP contribution in [0, 0.1) is 12.3 Å². The van der Waals surface area contributed by atoms with Crippen LogP contribution in [-0.2, 0) is 19.9 Å². The molecule has 1 aromatic carbocycles. The number of halogens is 3. The monoisotopic (exact) mass is 426 g/mol. The Morgan fingerprint density at radius 2 is 1.87 bits per heavy atom. The molecule has 0 saturated heterocycles. The number of methoxy groups -OCH3 is 1. The number of rotatable bonds is 10. The highest BCUT2D eigenvalue weighted by Crippen LogP contribution is 2.43. The molecule has 0 bridgehead atoms. The van der Waals surface area contributed by atoms with Gasteiger partial charge in [0.05, 0.1) is 5.60 Å². The topological polar surface area (TPSA) is 55.8 Å². The minimum Gasteiger partial charge on any atom is -0.457 e. The lowest BCUT2D eigenvalue weighted by molar-refractivity contribution is -0.281. The molecule has 0 amide bonds. The van der Waals surface area contributed by atoms with E-state index in [1.807, 2.05) is 13.0 Å². The summed E-state index contributed by atoms with van der Waals surface area (Å²) in [4.78, 5) is 12.8. The molecule has 0 spiro atoms. The van der Waals surface area contributed by atoms with Gasteiger partial charge in [-0.2, -0.15) is 13.2 Å². The lowest BCUT2D eigenvalue weighted by Crippen LogP contribution is -2.54. The summed E-state index contributed by atoms with van der Waals surface area (Å²) in [6, 6.07) is 6.58. The fourth-order valence-electron chi connectivity index (χ4n) is 3.02. The maximum Gasteiger partial charge on any atom is 0.432 e. The Morgan fingerprint density at radius 3 is 2.33 bits per heavy atom. The van der Waals surface area contributed by atoms with Gasteiger partial charge in [-0.25, -0.2) is 4.79 Å². The number of carbonyl (C=O) groups is 1. The van der Waals surface area contributed by atoms with Gasteiger partial charge in [-0.15, -0.1) is 12.3 Å². The standard InChI is InChI=1S/C23H29F3O4/c1-6-7-9-12-17(2)15-16-19(21(3,4)28)30-20(27)22(29-5,23(24,25)26)18-13-10-8-11-14-18/h1,8,10-14,19,28H,7,9,15-16H2,2-5H3/b17-12+/t19-,22-/m1/s1. The van der Waals surface area contributed by atoms with Gasteiger partial charge in [0.25, 0.3) is 5.60 Å². The summed E-state index contributed by atoms with van der Waals surface area (Å²) < 4.78 is 52.1. The average Bonchev–Trinajstić information content (AvgIpc) is 2.65. The molecule has 4 nitrogen and oxygen atoms in total.